The van der Waals surface area contributed by atoms with Crippen LogP contribution in [0.3, 0.4) is 0 Å². The number of hydrogen-bond acceptors (Lipinski definition) is 7. The highest BCUT2D eigenvalue weighted by molar-refractivity contribution is 6.46. The maximum Gasteiger partial charge on any atom is 0.295 e. The molecule has 208 valence electrons. The minimum absolute atomic E-state index is 0.0695. The summed E-state index contributed by atoms with van der Waals surface area (Å²) in [5.41, 5.74) is 2.79. The number of aliphatic hydroxyl groups excluding tert-OH is 1. The molecule has 0 radical (unpaired) electrons. The van der Waals surface area contributed by atoms with Crippen LogP contribution in [-0.2, 0) is 22.7 Å². The van der Waals surface area contributed by atoms with Crippen LogP contribution in [0.5, 0.6) is 5.75 Å². The van der Waals surface area contributed by atoms with Crippen molar-refractivity contribution in [3.8, 4) is 5.75 Å². The van der Waals surface area contributed by atoms with E-state index in [2.05, 4.69) is 4.98 Å². The van der Waals surface area contributed by atoms with Crippen molar-refractivity contribution >= 4 is 23.1 Å². The Labute approximate surface area is 236 Å². The molecule has 10 heteroatoms. The molecule has 0 saturated carbocycles. The molecule has 1 atom stereocenters. The second-order valence-corrected chi connectivity index (χ2v) is 9.80. The average Bonchev–Trinajstić information content (AvgIpc) is 3.58. The summed E-state index contributed by atoms with van der Waals surface area (Å²) in [5.74, 6) is -1.30. The molecule has 0 spiro atoms. The van der Waals surface area contributed by atoms with Crippen molar-refractivity contribution in [2.45, 2.75) is 32.5 Å². The second kappa shape index (κ2) is 11.9. The largest absolute Gasteiger partial charge is 0.507 e. The van der Waals surface area contributed by atoms with Gasteiger partial charge in [0, 0.05) is 43.2 Å². The van der Waals surface area contributed by atoms with Gasteiger partial charge in [0.05, 0.1) is 22.9 Å². The summed E-state index contributed by atoms with van der Waals surface area (Å²) in [4.78, 5) is 42.6. The Morgan fingerprint density at radius 2 is 1.80 bits per heavy atom. The van der Waals surface area contributed by atoms with E-state index >= 15 is 0 Å². The zero-order valence-corrected chi connectivity index (χ0v) is 22.3. The van der Waals surface area contributed by atoms with Crippen molar-refractivity contribution in [1.82, 2.24) is 14.5 Å². The number of ether oxygens (including phenoxy) is 1. The number of nitro benzene ring substituents is 1. The fraction of sp³-hybridized carbons (Fsp3) is 0.194. The van der Waals surface area contributed by atoms with Crippen LogP contribution in [0.25, 0.3) is 5.76 Å². The first-order valence-electron chi connectivity index (χ1n) is 13.1. The van der Waals surface area contributed by atoms with Crippen LogP contribution in [-0.4, -0.2) is 42.7 Å². The predicted molar refractivity (Wildman–Crippen MR) is 151 cm³/mol. The van der Waals surface area contributed by atoms with E-state index in [0.717, 1.165) is 11.1 Å². The molecule has 5 rings (SSSR count). The van der Waals surface area contributed by atoms with Gasteiger partial charge in [0.2, 0.25) is 0 Å². The van der Waals surface area contributed by atoms with Crippen molar-refractivity contribution in [2.75, 3.05) is 6.54 Å². The highest BCUT2D eigenvalue weighted by Crippen LogP contribution is 2.40. The lowest BCUT2D eigenvalue weighted by Crippen LogP contribution is -2.31. The number of imidazole rings is 1. The molecule has 0 aliphatic carbocycles. The molecule has 1 unspecified atom stereocenters. The van der Waals surface area contributed by atoms with Gasteiger partial charge in [-0.25, -0.2) is 4.98 Å². The fourth-order valence-electron chi connectivity index (χ4n) is 4.91. The van der Waals surface area contributed by atoms with E-state index in [4.69, 9.17) is 4.74 Å². The number of hydrogen-bond donors (Lipinski definition) is 1. The highest BCUT2D eigenvalue weighted by Gasteiger charge is 2.45. The summed E-state index contributed by atoms with van der Waals surface area (Å²) in [5, 5.41) is 22.5. The van der Waals surface area contributed by atoms with Gasteiger partial charge >= 0.3 is 0 Å². The number of carbonyl (C=O) groups is 2. The van der Waals surface area contributed by atoms with E-state index in [9.17, 15) is 24.8 Å². The van der Waals surface area contributed by atoms with Crippen LogP contribution in [0.4, 0.5) is 5.69 Å². The third-order valence-electron chi connectivity index (χ3n) is 6.95. The molecule has 10 nitrogen and oxygen atoms in total. The van der Waals surface area contributed by atoms with Crippen LogP contribution in [0.1, 0.15) is 34.7 Å². The van der Waals surface area contributed by atoms with Gasteiger partial charge in [0.15, 0.2) is 0 Å². The van der Waals surface area contributed by atoms with Gasteiger partial charge in [-0.2, -0.15) is 0 Å². The Morgan fingerprint density at radius 1 is 1.05 bits per heavy atom. The van der Waals surface area contributed by atoms with Gasteiger partial charge in [0.25, 0.3) is 17.4 Å². The van der Waals surface area contributed by atoms with Crippen LogP contribution in [0.15, 0.2) is 97.1 Å². The standard InChI is InChI=1S/C31H28N4O6/c1-21-4-2-5-22(18-21)19-41-26-12-8-24(9-13-26)29(36)27-28(23-6-10-25(11-7-23)35(39)40)34(31(38)30(27)37)16-3-15-33-17-14-32-20-33/h2,4-14,17-18,20,28,36H,3,15-16,19H2,1H3/b29-27-. The number of aryl methyl sites for hydroxylation is 2. The first kappa shape index (κ1) is 27.3. The maximum absolute atomic E-state index is 13.3. The average molecular weight is 553 g/mol. The molecule has 2 heterocycles. The molecule has 3 aromatic carbocycles. The molecule has 0 bridgehead atoms. The van der Waals surface area contributed by atoms with Crippen LogP contribution < -0.4 is 4.74 Å². The first-order chi connectivity index (χ1) is 19.8. The van der Waals surface area contributed by atoms with E-state index in [1.165, 1.54) is 29.2 Å². The lowest BCUT2D eigenvalue weighted by Gasteiger charge is -2.25. The van der Waals surface area contributed by atoms with E-state index in [1.807, 2.05) is 35.8 Å². The smallest absolute Gasteiger partial charge is 0.295 e. The summed E-state index contributed by atoms with van der Waals surface area (Å²) < 4.78 is 7.73. The summed E-state index contributed by atoms with van der Waals surface area (Å²) in [6.45, 7) is 3.18. The van der Waals surface area contributed by atoms with Crippen LogP contribution in [0, 0.1) is 17.0 Å². The maximum atomic E-state index is 13.3. The van der Waals surface area contributed by atoms with Crippen molar-refractivity contribution < 1.29 is 24.4 Å². The lowest BCUT2D eigenvalue weighted by atomic mass is 9.95. The van der Waals surface area contributed by atoms with Crippen molar-refractivity contribution in [2.24, 2.45) is 0 Å². The minimum Gasteiger partial charge on any atom is -0.507 e. The Bertz CT molecular complexity index is 1590. The number of amides is 1. The molecule has 4 aromatic rings. The quantitative estimate of drug-likeness (QED) is 0.0943. The molecule has 1 fully saturated rings. The predicted octanol–water partition coefficient (Wildman–Crippen LogP) is 5.19. The van der Waals surface area contributed by atoms with E-state index in [1.54, 1.807) is 43.0 Å². The van der Waals surface area contributed by atoms with Crippen molar-refractivity contribution in [3.63, 3.8) is 0 Å². The minimum atomic E-state index is -0.907. The molecule has 1 aliphatic heterocycles. The number of carbonyl (C=O) groups excluding carboxylic acids is 2. The summed E-state index contributed by atoms with van der Waals surface area (Å²) in [7, 11) is 0. The van der Waals surface area contributed by atoms with E-state index in [0.29, 0.717) is 36.4 Å². The number of aliphatic hydroxyl groups is 1. The zero-order valence-electron chi connectivity index (χ0n) is 22.3. The number of nitrogens with zero attached hydrogens (tertiary/aromatic N) is 4. The van der Waals surface area contributed by atoms with Gasteiger partial charge in [-0.1, -0.05) is 29.8 Å². The number of benzene rings is 3. The SMILES string of the molecule is Cc1cccc(COc2ccc(/C(O)=C3/C(=O)C(=O)N(CCCn4ccnc4)C3c3ccc([N+](=O)[O-])cc3)cc2)c1. The van der Waals surface area contributed by atoms with Crippen molar-refractivity contribution in [1.29, 1.82) is 0 Å². The third-order valence-corrected chi connectivity index (χ3v) is 6.95. The number of aromatic nitrogens is 2. The summed E-state index contributed by atoms with van der Waals surface area (Å²) in [6.07, 6.45) is 5.65. The van der Waals surface area contributed by atoms with E-state index in [-0.39, 0.29) is 23.6 Å². The molecule has 1 N–H and O–H groups in total. The van der Waals surface area contributed by atoms with Gasteiger partial charge in [-0.05, 0) is 60.9 Å². The molecule has 1 aliphatic rings. The molecule has 1 aromatic heterocycles. The number of ketones is 1. The van der Waals surface area contributed by atoms with Gasteiger partial charge in [-0.3, -0.25) is 19.7 Å². The fourth-order valence-corrected chi connectivity index (χ4v) is 4.91. The number of likely N-dealkylation sites (tertiary alicyclic amines) is 1. The molecular weight excluding hydrogens is 524 g/mol. The molecule has 41 heavy (non-hydrogen) atoms. The normalized spacial score (nSPS) is 16.2. The molecule has 1 amide bonds. The van der Waals surface area contributed by atoms with Crippen molar-refractivity contribution in [3.05, 3.63) is 129 Å². The highest BCUT2D eigenvalue weighted by atomic mass is 16.6. The molecule has 1 saturated heterocycles. The zero-order chi connectivity index (χ0) is 28.9. The number of nitro groups is 1. The first-order valence-corrected chi connectivity index (χ1v) is 13.1. The van der Waals surface area contributed by atoms with Gasteiger partial charge in [0.1, 0.15) is 18.1 Å². The van der Waals surface area contributed by atoms with Gasteiger partial charge in [-0.15, -0.1) is 0 Å². The Morgan fingerprint density at radius 3 is 2.46 bits per heavy atom. The van der Waals surface area contributed by atoms with Crippen LogP contribution in [0.2, 0.25) is 0 Å². The Hall–Kier alpha value is -5.25. The summed E-state index contributed by atoms with van der Waals surface area (Å²) >= 11 is 0. The number of Topliss-reactive ketones (excluding diaryl/α,β-unsaturated/α-hetero) is 1. The monoisotopic (exact) mass is 552 g/mol. The third kappa shape index (κ3) is 6.01. The Balaban J connectivity index is 1.43. The molecular formula is C31H28N4O6. The second-order valence-electron chi connectivity index (χ2n) is 9.80. The number of non-ortho nitro benzene ring substituents is 1. The Kier molecular flexibility index (Phi) is 7.91. The number of rotatable bonds is 10. The van der Waals surface area contributed by atoms with Gasteiger partial charge < -0.3 is 19.3 Å². The lowest BCUT2D eigenvalue weighted by molar-refractivity contribution is -0.384. The topological polar surface area (TPSA) is 128 Å². The summed E-state index contributed by atoms with van der Waals surface area (Å²) in [6, 6.07) is 19.4. The van der Waals surface area contributed by atoms with E-state index < -0.39 is 22.7 Å². The van der Waals surface area contributed by atoms with Crippen LogP contribution >= 0.6 is 0 Å².